The van der Waals surface area contributed by atoms with E-state index in [1.807, 2.05) is 36.0 Å². The van der Waals surface area contributed by atoms with E-state index in [0.717, 1.165) is 42.1 Å². The minimum Gasteiger partial charge on any atom is -0.358 e. The predicted molar refractivity (Wildman–Crippen MR) is 96.2 cm³/mol. The van der Waals surface area contributed by atoms with Gasteiger partial charge in [0.05, 0.1) is 18.4 Å². The van der Waals surface area contributed by atoms with Crippen LogP contribution in [0.25, 0.3) is 11.3 Å². The van der Waals surface area contributed by atoms with E-state index in [1.54, 1.807) is 18.3 Å². The van der Waals surface area contributed by atoms with Crippen molar-refractivity contribution in [3.63, 3.8) is 0 Å². The molecule has 4 nitrogen and oxygen atoms in total. The maximum atomic E-state index is 11.7. The summed E-state index contributed by atoms with van der Waals surface area (Å²) in [5.74, 6) is 0.155. The summed E-state index contributed by atoms with van der Waals surface area (Å²) < 4.78 is 2.05. The van der Waals surface area contributed by atoms with Gasteiger partial charge in [-0.1, -0.05) is 12.6 Å². The third kappa shape index (κ3) is 2.30. The van der Waals surface area contributed by atoms with Crippen molar-refractivity contribution in [1.82, 2.24) is 14.3 Å². The number of hydrogen-bond donors (Lipinski definition) is 0. The lowest BCUT2D eigenvalue weighted by atomic mass is 10.0. The summed E-state index contributed by atoms with van der Waals surface area (Å²) in [6.07, 6.45) is 4.74. The number of carbonyl (C=O) groups excluding carboxylic acids is 1. The number of carbonyl (C=O) groups is 1. The molecule has 0 amide bonds. The Bertz CT molecular complexity index is 991. The molecule has 0 bridgehead atoms. The fourth-order valence-corrected chi connectivity index (χ4v) is 4.44. The molecule has 120 valence electrons. The summed E-state index contributed by atoms with van der Waals surface area (Å²) >= 11 is 1.67. The summed E-state index contributed by atoms with van der Waals surface area (Å²) in [4.78, 5) is 19.7. The monoisotopic (exact) mass is 335 g/mol. The summed E-state index contributed by atoms with van der Waals surface area (Å²) in [6.45, 7) is 7.17. The van der Waals surface area contributed by atoms with Crippen molar-refractivity contribution in [2.24, 2.45) is 0 Å². The highest BCUT2D eigenvalue weighted by Crippen LogP contribution is 2.32. The third-order valence-corrected chi connectivity index (χ3v) is 5.48. The minimum atomic E-state index is 0.155. The SMILES string of the molecule is C=C=C(c1cnc2ccccn12)N1CCc2c(C(C)=O)csc2C1. The number of Topliss-reactive ketones (excluding diaryl/α,β-unsaturated/α-hetero) is 1. The number of ketones is 1. The largest absolute Gasteiger partial charge is 0.358 e. The summed E-state index contributed by atoms with van der Waals surface area (Å²) in [5, 5.41) is 1.99. The van der Waals surface area contributed by atoms with Gasteiger partial charge in [0, 0.05) is 28.6 Å². The Kier molecular flexibility index (Phi) is 3.60. The quantitative estimate of drug-likeness (QED) is 0.540. The average molecular weight is 335 g/mol. The van der Waals surface area contributed by atoms with E-state index in [9.17, 15) is 4.79 Å². The van der Waals surface area contributed by atoms with Gasteiger partial charge in [-0.05, 0) is 31.0 Å². The van der Waals surface area contributed by atoms with Gasteiger partial charge in [0.1, 0.15) is 11.3 Å². The van der Waals surface area contributed by atoms with E-state index in [0.29, 0.717) is 0 Å². The van der Waals surface area contributed by atoms with Crippen LogP contribution in [-0.2, 0) is 13.0 Å². The molecule has 0 saturated carbocycles. The first-order chi connectivity index (χ1) is 11.7. The van der Waals surface area contributed by atoms with Gasteiger partial charge in [0.2, 0.25) is 0 Å². The number of fused-ring (bicyclic) bond motifs is 2. The molecule has 0 aliphatic carbocycles. The van der Waals surface area contributed by atoms with Crippen LogP contribution in [0, 0.1) is 0 Å². The number of hydrogen-bond acceptors (Lipinski definition) is 4. The molecule has 3 aromatic heterocycles. The van der Waals surface area contributed by atoms with Crippen molar-refractivity contribution in [2.45, 2.75) is 19.9 Å². The highest BCUT2D eigenvalue weighted by atomic mass is 32.1. The molecule has 0 unspecified atom stereocenters. The van der Waals surface area contributed by atoms with Crippen LogP contribution in [0.15, 0.2) is 48.3 Å². The molecule has 24 heavy (non-hydrogen) atoms. The van der Waals surface area contributed by atoms with Crippen molar-refractivity contribution >= 4 is 28.5 Å². The van der Waals surface area contributed by atoms with Crippen LogP contribution in [-0.4, -0.2) is 26.6 Å². The van der Waals surface area contributed by atoms with Gasteiger partial charge >= 0.3 is 0 Å². The molecular weight excluding hydrogens is 318 g/mol. The molecule has 0 aromatic carbocycles. The van der Waals surface area contributed by atoms with E-state index in [2.05, 4.69) is 26.6 Å². The highest BCUT2D eigenvalue weighted by Gasteiger charge is 2.25. The van der Waals surface area contributed by atoms with Crippen molar-refractivity contribution < 1.29 is 4.79 Å². The van der Waals surface area contributed by atoms with E-state index in [1.165, 1.54) is 10.4 Å². The first kappa shape index (κ1) is 14.9. The van der Waals surface area contributed by atoms with Crippen molar-refractivity contribution in [3.8, 4) is 0 Å². The normalized spacial score (nSPS) is 13.6. The van der Waals surface area contributed by atoms with Crippen molar-refractivity contribution in [2.75, 3.05) is 6.54 Å². The second kappa shape index (κ2) is 5.78. The fraction of sp³-hybridized carbons (Fsp3) is 0.211. The summed E-state index contributed by atoms with van der Waals surface area (Å²) in [7, 11) is 0. The first-order valence-corrected chi connectivity index (χ1v) is 8.74. The van der Waals surface area contributed by atoms with Crippen LogP contribution in [0.2, 0.25) is 0 Å². The maximum Gasteiger partial charge on any atom is 0.160 e. The minimum absolute atomic E-state index is 0.155. The number of pyridine rings is 1. The number of imidazole rings is 1. The molecule has 0 fully saturated rings. The molecule has 0 N–H and O–H groups in total. The molecule has 0 saturated heterocycles. The van der Waals surface area contributed by atoms with Gasteiger partial charge in [-0.15, -0.1) is 17.1 Å². The second-order valence-corrected chi connectivity index (χ2v) is 6.84. The molecule has 4 heterocycles. The van der Waals surface area contributed by atoms with Crippen LogP contribution in [0.3, 0.4) is 0 Å². The Morgan fingerprint density at radius 1 is 1.42 bits per heavy atom. The van der Waals surface area contributed by atoms with Gasteiger partial charge in [0.15, 0.2) is 5.78 Å². The Hall–Kier alpha value is -2.62. The molecule has 0 spiro atoms. The molecule has 0 atom stereocenters. The standard InChI is InChI=1S/C19H17N3OS/c1-3-16(17-10-20-19-6-4-5-8-22(17)19)21-9-7-14-15(13(2)23)12-24-18(14)11-21/h4-6,8,10,12H,1,7,9,11H2,2H3. The third-order valence-electron chi connectivity index (χ3n) is 4.47. The summed E-state index contributed by atoms with van der Waals surface area (Å²) in [6, 6.07) is 5.95. The number of nitrogens with zero attached hydrogens (tertiary/aromatic N) is 3. The molecule has 4 rings (SSSR count). The number of rotatable bonds is 3. The second-order valence-electron chi connectivity index (χ2n) is 5.88. The van der Waals surface area contributed by atoms with Crippen LogP contribution < -0.4 is 0 Å². The van der Waals surface area contributed by atoms with E-state index >= 15 is 0 Å². The summed E-state index contributed by atoms with van der Waals surface area (Å²) in [5.41, 5.74) is 8.05. The lowest BCUT2D eigenvalue weighted by Crippen LogP contribution is -2.29. The maximum absolute atomic E-state index is 11.7. The first-order valence-electron chi connectivity index (χ1n) is 7.86. The van der Waals surface area contributed by atoms with Gasteiger partial charge < -0.3 is 4.90 Å². The van der Waals surface area contributed by atoms with E-state index < -0.39 is 0 Å². The van der Waals surface area contributed by atoms with Crippen LogP contribution in [0.5, 0.6) is 0 Å². The van der Waals surface area contributed by atoms with E-state index in [4.69, 9.17) is 0 Å². The number of aromatic nitrogens is 2. The van der Waals surface area contributed by atoms with Gasteiger partial charge in [0.25, 0.3) is 0 Å². The zero-order valence-electron chi connectivity index (χ0n) is 13.5. The number of thiophene rings is 1. The predicted octanol–water partition coefficient (Wildman–Crippen LogP) is 3.78. The zero-order valence-corrected chi connectivity index (χ0v) is 14.3. The Balaban J connectivity index is 1.70. The van der Waals surface area contributed by atoms with Crippen molar-refractivity contribution in [3.05, 3.63) is 70.0 Å². The molecule has 5 heteroatoms. The van der Waals surface area contributed by atoms with Gasteiger partial charge in [-0.2, -0.15) is 0 Å². The molecule has 1 aliphatic heterocycles. The Labute approximate surface area is 144 Å². The molecule has 3 aromatic rings. The lowest BCUT2D eigenvalue weighted by Gasteiger charge is -2.30. The van der Waals surface area contributed by atoms with Gasteiger partial charge in [-0.25, -0.2) is 4.98 Å². The van der Waals surface area contributed by atoms with Crippen LogP contribution in [0.1, 0.15) is 33.4 Å². The highest BCUT2D eigenvalue weighted by molar-refractivity contribution is 7.10. The Morgan fingerprint density at radius 3 is 3.08 bits per heavy atom. The Morgan fingerprint density at radius 2 is 2.29 bits per heavy atom. The lowest BCUT2D eigenvalue weighted by molar-refractivity contribution is 0.101. The topological polar surface area (TPSA) is 37.6 Å². The van der Waals surface area contributed by atoms with E-state index in [-0.39, 0.29) is 5.78 Å². The molecule has 0 radical (unpaired) electrons. The van der Waals surface area contributed by atoms with Crippen LogP contribution in [0.4, 0.5) is 0 Å². The average Bonchev–Trinajstić information content (AvgIpc) is 3.20. The molecular formula is C19H17N3OS. The molecule has 1 aliphatic rings. The zero-order chi connectivity index (χ0) is 16.7. The van der Waals surface area contributed by atoms with Crippen molar-refractivity contribution in [1.29, 1.82) is 0 Å². The fourth-order valence-electron chi connectivity index (χ4n) is 3.29. The van der Waals surface area contributed by atoms with Crippen LogP contribution >= 0.6 is 11.3 Å². The van der Waals surface area contributed by atoms with Gasteiger partial charge in [-0.3, -0.25) is 9.20 Å². The smallest absolute Gasteiger partial charge is 0.160 e.